The number of anilines is 1. The van der Waals surface area contributed by atoms with Crippen LogP contribution in [0.25, 0.3) is 11.2 Å². The van der Waals surface area contributed by atoms with Crippen LogP contribution in [-0.4, -0.2) is 54.4 Å². The summed E-state index contributed by atoms with van der Waals surface area (Å²) >= 11 is 0. The van der Waals surface area contributed by atoms with Crippen molar-refractivity contribution < 1.29 is 107 Å². The fourth-order valence-electron chi connectivity index (χ4n) is 2.82. The van der Waals surface area contributed by atoms with Crippen molar-refractivity contribution in [3.8, 4) is 5.88 Å². The van der Waals surface area contributed by atoms with Gasteiger partial charge in [0.1, 0.15) is 24.3 Å². The number of ether oxygens (including phenoxy) is 1. The molecule has 2 aliphatic rings. The van der Waals surface area contributed by atoms with E-state index in [2.05, 4.69) is 19.3 Å². The van der Waals surface area contributed by atoms with E-state index in [1.54, 1.807) is 0 Å². The van der Waals surface area contributed by atoms with Gasteiger partial charge in [0.2, 0.25) is 5.95 Å². The number of nitrogens with zero attached hydrogens (tertiary/aromatic N) is 4. The predicted molar refractivity (Wildman–Crippen MR) is 77.8 cm³/mol. The topological polar surface area (TPSA) is 233 Å². The average Bonchev–Trinajstić information content (AvgIpc) is 3.07. The maximum Gasteiger partial charge on any atom is 1.00 e. The Morgan fingerprint density at radius 2 is 2.10 bits per heavy atom. The van der Waals surface area contributed by atoms with E-state index in [0.717, 1.165) is 6.33 Å². The van der Waals surface area contributed by atoms with E-state index in [0.29, 0.717) is 0 Å². The molecule has 2 aromatic rings. The van der Waals surface area contributed by atoms with Gasteiger partial charge < -0.3 is 35.4 Å². The molecule has 0 spiro atoms. The van der Waals surface area contributed by atoms with Gasteiger partial charge in [0.25, 0.3) is 0 Å². The molecular weight excluding hydrogens is 458 g/mol. The Morgan fingerprint density at radius 3 is 2.76 bits per heavy atom. The summed E-state index contributed by atoms with van der Waals surface area (Å²) in [5.74, 6) is -1.04. The fraction of sp³-hybridized carbons (Fsp3) is 0.500. The molecule has 2 aromatic heterocycles. The summed E-state index contributed by atoms with van der Waals surface area (Å²) in [6.45, 7) is -0.466. The van der Waals surface area contributed by atoms with Crippen LogP contribution in [0, 0.1) is 0 Å². The van der Waals surface area contributed by atoms with Crippen molar-refractivity contribution in [2.45, 2.75) is 24.5 Å². The van der Waals surface area contributed by atoms with Crippen LogP contribution in [0.2, 0.25) is 0 Å². The number of rotatable bonds is 3. The van der Waals surface area contributed by atoms with Gasteiger partial charge >= 0.3 is 75.1 Å². The fourth-order valence-corrected chi connectivity index (χ4v) is 5.12. The van der Waals surface area contributed by atoms with Crippen LogP contribution in [0.1, 0.15) is 6.23 Å². The number of imidazole rings is 1. The van der Waals surface area contributed by atoms with Crippen molar-refractivity contribution in [2.24, 2.45) is 0 Å². The van der Waals surface area contributed by atoms with Gasteiger partial charge in [-0.05, 0) is 0 Å². The van der Waals surface area contributed by atoms with Crippen LogP contribution in [0.3, 0.4) is 0 Å². The molecule has 19 heteroatoms. The Labute approximate surface area is 207 Å². The minimum atomic E-state index is -5.43. The van der Waals surface area contributed by atoms with Gasteiger partial charge in [0, 0.05) is 5.88 Å². The van der Waals surface area contributed by atoms with E-state index in [1.807, 2.05) is 0 Å². The molecule has 2 aliphatic heterocycles. The van der Waals surface area contributed by atoms with Gasteiger partial charge in [-0.1, -0.05) is 0 Å². The van der Waals surface area contributed by atoms with Crippen LogP contribution in [0.5, 0.6) is 5.88 Å². The van der Waals surface area contributed by atoms with E-state index in [9.17, 15) is 24.6 Å². The number of aliphatic hydroxyl groups excluding tert-OH is 1. The van der Waals surface area contributed by atoms with Crippen molar-refractivity contribution in [3.05, 3.63) is 6.33 Å². The number of aliphatic hydroxyl groups is 1. The van der Waals surface area contributed by atoms with Gasteiger partial charge in [-0.2, -0.15) is 14.0 Å². The Bertz CT molecular complexity index is 947. The molecule has 148 valence electrons. The molecule has 0 aliphatic carbocycles. The average molecular weight is 469 g/mol. The summed E-state index contributed by atoms with van der Waals surface area (Å²) in [6, 6.07) is 0. The maximum atomic E-state index is 12.2. The molecule has 15 nitrogen and oxygen atoms in total. The second-order valence-electron chi connectivity index (χ2n) is 5.63. The molecule has 0 amide bonds. The summed E-state index contributed by atoms with van der Waals surface area (Å²) in [4.78, 5) is 42.8. The molecule has 0 saturated carbocycles. The molecule has 29 heavy (non-hydrogen) atoms. The second-order valence-corrected chi connectivity index (χ2v) is 8.58. The molecule has 4 N–H and O–H groups in total. The van der Waals surface area contributed by atoms with Crippen molar-refractivity contribution in [3.63, 3.8) is 0 Å². The molecule has 0 aromatic carbocycles. The van der Waals surface area contributed by atoms with E-state index < -0.39 is 53.0 Å². The molecule has 6 atom stereocenters. The van der Waals surface area contributed by atoms with Crippen LogP contribution >= 0.6 is 16.0 Å². The first-order valence-corrected chi connectivity index (χ1v) is 10.2. The van der Waals surface area contributed by atoms with E-state index >= 15 is 0 Å². The number of nitrogen functional groups attached to an aromatic ring is 1. The van der Waals surface area contributed by atoms with Crippen molar-refractivity contribution in [1.29, 1.82) is 0 Å². The van der Waals surface area contributed by atoms with Crippen molar-refractivity contribution >= 4 is 33.1 Å². The van der Waals surface area contributed by atoms with Crippen molar-refractivity contribution in [2.75, 3.05) is 12.3 Å². The first-order valence-electron chi connectivity index (χ1n) is 7.25. The Balaban J connectivity index is 0.00000150. The van der Waals surface area contributed by atoms with Gasteiger partial charge in [-0.25, -0.2) is 9.97 Å². The zero-order valence-corrected chi connectivity index (χ0v) is 20.8. The van der Waals surface area contributed by atoms with Gasteiger partial charge in [0.05, 0.1) is 6.33 Å². The minimum absolute atomic E-state index is 0. The first kappa shape index (κ1) is 25.7. The molecule has 2 unspecified atom stereocenters. The van der Waals surface area contributed by atoms with Crippen LogP contribution in [0.15, 0.2) is 6.33 Å². The van der Waals surface area contributed by atoms with Gasteiger partial charge in [-0.3, -0.25) is 9.13 Å². The zero-order chi connectivity index (χ0) is 19.6. The third-order valence-corrected chi connectivity index (χ3v) is 6.43. The molecule has 2 fully saturated rings. The molecule has 2 saturated heterocycles. The number of hydrogen-bond acceptors (Lipinski definition) is 13. The predicted octanol–water partition coefficient (Wildman–Crippen LogP) is -9.32. The van der Waals surface area contributed by atoms with Crippen molar-refractivity contribution in [1.82, 2.24) is 19.5 Å². The SMILES string of the molecule is Nc1nc([O-])c2ncn([C@@H]3O[C@@H]4CO[P+]([O-])(OP(=O)([O-])O)O[C@H]4[C@H]3O)c2n1.[Na+].[Na+]. The number of phosphoric ester groups is 1. The smallest absolute Gasteiger partial charge is 0.857 e. The normalized spacial score (nSPS) is 33.4. The standard InChI is InChI=1S/C10H13N5O10P2.2Na/c11-10-13-7-4(8(17)14-10)12-2-15(7)9-5(16)6-3(23-9)1-22-27(21,24-6)25-26(18,19)20;;/h2-3,5-6,9,16H,1H2,(H2,18,19,20)(H3,11,13,14,17);;/q;2*+1/p-2/t3-,5-,6-,9-,27?;;/m1../s1. The third kappa shape index (κ3) is 5.12. The van der Waals surface area contributed by atoms with Gasteiger partial charge in [-0.15, -0.1) is 4.31 Å². The number of fused-ring (bicyclic) bond motifs is 2. The minimum Gasteiger partial charge on any atom is -0.857 e. The summed E-state index contributed by atoms with van der Waals surface area (Å²) < 4.78 is 31.2. The summed E-state index contributed by atoms with van der Waals surface area (Å²) in [7, 11) is -10.1. The molecular formula is C10H11N5Na2O10P2. The second kappa shape index (κ2) is 9.16. The largest absolute Gasteiger partial charge is 1.00 e. The first-order chi connectivity index (χ1) is 12.6. The van der Waals surface area contributed by atoms with Gasteiger partial charge in [0.15, 0.2) is 18.0 Å². The molecule has 0 radical (unpaired) electrons. The number of hydrogen-bond donors (Lipinski definition) is 3. The Kier molecular flexibility index (Phi) is 8.13. The monoisotopic (exact) mass is 469 g/mol. The van der Waals surface area contributed by atoms with Crippen LogP contribution in [0.4, 0.5) is 5.95 Å². The summed E-state index contributed by atoms with van der Waals surface area (Å²) in [6.07, 6.45) is -3.86. The summed E-state index contributed by atoms with van der Waals surface area (Å²) in [5, 5.41) is 22.3. The van der Waals surface area contributed by atoms with Crippen LogP contribution < -0.4 is 79.7 Å². The maximum absolute atomic E-state index is 12.2. The van der Waals surface area contributed by atoms with E-state index in [1.165, 1.54) is 4.57 Å². The van der Waals surface area contributed by atoms with E-state index in [4.69, 9.17) is 24.4 Å². The molecule has 4 rings (SSSR count). The third-order valence-electron chi connectivity index (χ3n) is 3.84. The molecule has 4 heterocycles. The quantitative estimate of drug-likeness (QED) is 0.280. The Morgan fingerprint density at radius 1 is 1.41 bits per heavy atom. The zero-order valence-electron chi connectivity index (χ0n) is 15.0. The molecule has 0 bridgehead atoms. The number of phosphoric acid groups is 2. The number of aromatic nitrogens is 4. The van der Waals surface area contributed by atoms with E-state index in [-0.39, 0.29) is 76.2 Å². The Hall–Kier alpha value is 0.490. The summed E-state index contributed by atoms with van der Waals surface area (Å²) in [5.41, 5.74) is 5.32. The number of nitrogens with two attached hydrogens (primary N) is 1. The van der Waals surface area contributed by atoms with Crippen LogP contribution in [-0.2, 0) is 22.7 Å².